The van der Waals surface area contributed by atoms with Gasteiger partial charge in [-0.25, -0.2) is 9.97 Å². The fraction of sp³-hybridized carbons (Fsp3) is 0.231. The number of Topliss-reactive ketones (excluding diaryl/α,β-unsaturated/α-hetero) is 1. The molecule has 0 amide bonds. The summed E-state index contributed by atoms with van der Waals surface area (Å²) in [5.41, 5.74) is 0.780. The van der Waals surface area contributed by atoms with Crippen molar-refractivity contribution >= 4 is 39.9 Å². The lowest BCUT2D eigenvalue weighted by Crippen LogP contribution is -2.00. The zero-order chi connectivity index (χ0) is 14.1. The number of thiophene rings is 1. The van der Waals surface area contributed by atoms with Gasteiger partial charge in [0.25, 0.3) is 0 Å². The lowest BCUT2D eigenvalue weighted by Gasteiger charge is -2.00. The van der Waals surface area contributed by atoms with Gasteiger partial charge >= 0.3 is 0 Å². The number of nitrogens with zero attached hydrogens (tertiary/aromatic N) is 4. The molecule has 5 nitrogen and oxygen atoms in total. The molecule has 0 saturated carbocycles. The summed E-state index contributed by atoms with van der Waals surface area (Å²) in [6.07, 6.45) is 3.24. The SMILES string of the molecule is Cc1ccc(C(=O)CSc2ncnc3c2cnn3C)s1. The highest BCUT2D eigenvalue weighted by Crippen LogP contribution is 2.25. The van der Waals surface area contributed by atoms with Gasteiger partial charge in [-0.15, -0.1) is 11.3 Å². The lowest BCUT2D eigenvalue weighted by molar-refractivity contribution is 0.102. The maximum absolute atomic E-state index is 12.1. The third kappa shape index (κ3) is 2.46. The fourth-order valence-corrected chi connectivity index (χ4v) is 3.59. The molecule has 20 heavy (non-hydrogen) atoms. The minimum absolute atomic E-state index is 0.128. The fourth-order valence-electron chi connectivity index (χ4n) is 1.85. The molecular formula is C13H12N4OS2. The molecule has 0 N–H and O–H groups in total. The van der Waals surface area contributed by atoms with Gasteiger partial charge in [0.05, 0.1) is 22.2 Å². The summed E-state index contributed by atoms with van der Waals surface area (Å²) in [6, 6.07) is 3.84. The van der Waals surface area contributed by atoms with Gasteiger partial charge in [0.2, 0.25) is 0 Å². The van der Waals surface area contributed by atoms with Crippen molar-refractivity contribution < 1.29 is 4.79 Å². The van der Waals surface area contributed by atoms with E-state index >= 15 is 0 Å². The number of hydrogen-bond donors (Lipinski definition) is 0. The summed E-state index contributed by atoms with van der Waals surface area (Å²) in [5.74, 6) is 0.504. The monoisotopic (exact) mass is 304 g/mol. The van der Waals surface area contributed by atoms with Crippen LogP contribution in [0.3, 0.4) is 0 Å². The quantitative estimate of drug-likeness (QED) is 0.421. The van der Waals surface area contributed by atoms with E-state index in [-0.39, 0.29) is 5.78 Å². The van der Waals surface area contributed by atoms with E-state index in [0.29, 0.717) is 5.75 Å². The van der Waals surface area contributed by atoms with Crippen LogP contribution in [0.5, 0.6) is 0 Å². The standard InChI is InChI=1S/C13H12N4OS2/c1-8-3-4-11(20-8)10(18)6-19-13-9-5-16-17(2)12(9)14-7-15-13/h3-5,7H,6H2,1-2H3. The van der Waals surface area contributed by atoms with Crippen LogP contribution in [-0.2, 0) is 7.05 Å². The number of aromatic nitrogens is 4. The van der Waals surface area contributed by atoms with Crippen molar-refractivity contribution in [3.8, 4) is 0 Å². The first-order chi connectivity index (χ1) is 9.65. The molecule has 7 heteroatoms. The van der Waals surface area contributed by atoms with Gasteiger partial charge in [-0.3, -0.25) is 9.48 Å². The van der Waals surface area contributed by atoms with Gasteiger partial charge < -0.3 is 0 Å². The van der Waals surface area contributed by atoms with Crippen molar-refractivity contribution in [2.24, 2.45) is 7.05 Å². The molecule has 0 aliphatic rings. The summed E-state index contributed by atoms with van der Waals surface area (Å²) in [4.78, 5) is 22.5. The van der Waals surface area contributed by atoms with Crippen LogP contribution in [0.1, 0.15) is 14.5 Å². The van der Waals surface area contributed by atoms with E-state index in [0.717, 1.165) is 25.8 Å². The summed E-state index contributed by atoms with van der Waals surface area (Å²) >= 11 is 2.95. The third-order valence-corrected chi connectivity index (χ3v) is 4.90. The third-order valence-electron chi connectivity index (χ3n) is 2.85. The average molecular weight is 304 g/mol. The van der Waals surface area contributed by atoms with Crippen LogP contribution in [0, 0.1) is 6.92 Å². The zero-order valence-corrected chi connectivity index (χ0v) is 12.7. The Bertz CT molecular complexity index is 778. The van der Waals surface area contributed by atoms with Crippen molar-refractivity contribution in [1.82, 2.24) is 19.7 Å². The highest BCUT2D eigenvalue weighted by Gasteiger charge is 2.12. The van der Waals surface area contributed by atoms with E-state index in [4.69, 9.17) is 0 Å². The minimum Gasteiger partial charge on any atom is -0.292 e. The molecule has 0 aliphatic heterocycles. The largest absolute Gasteiger partial charge is 0.292 e. The Kier molecular flexibility index (Phi) is 3.54. The van der Waals surface area contributed by atoms with Gasteiger partial charge in [0, 0.05) is 11.9 Å². The van der Waals surface area contributed by atoms with Crippen molar-refractivity contribution in [3.05, 3.63) is 34.4 Å². The Morgan fingerprint density at radius 3 is 3.00 bits per heavy atom. The minimum atomic E-state index is 0.128. The Labute approximate surface area is 124 Å². The number of aryl methyl sites for hydroxylation is 2. The first-order valence-electron chi connectivity index (χ1n) is 6.00. The van der Waals surface area contributed by atoms with E-state index in [9.17, 15) is 4.79 Å². The zero-order valence-electron chi connectivity index (χ0n) is 11.0. The summed E-state index contributed by atoms with van der Waals surface area (Å²) in [7, 11) is 1.84. The Balaban J connectivity index is 1.79. The Morgan fingerprint density at radius 2 is 2.25 bits per heavy atom. The average Bonchev–Trinajstić information content (AvgIpc) is 3.03. The van der Waals surface area contributed by atoms with Crippen LogP contribution in [0.4, 0.5) is 0 Å². The van der Waals surface area contributed by atoms with E-state index in [1.807, 2.05) is 26.1 Å². The summed E-state index contributed by atoms with van der Waals surface area (Å²) < 4.78 is 1.70. The van der Waals surface area contributed by atoms with Gasteiger partial charge in [0.15, 0.2) is 11.4 Å². The van der Waals surface area contributed by atoms with Crippen LogP contribution < -0.4 is 0 Å². The molecule has 3 heterocycles. The first kappa shape index (κ1) is 13.3. The number of fused-ring (bicyclic) bond motifs is 1. The van der Waals surface area contributed by atoms with Crippen molar-refractivity contribution in [2.75, 3.05) is 5.75 Å². The van der Waals surface area contributed by atoms with Crippen LogP contribution >= 0.6 is 23.1 Å². The lowest BCUT2D eigenvalue weighted by atomic mass is 10.3. The van der Waals surface area contributed by atoms with Crippen LogP contribution in [0.2, 0.25) is 0 Å². The predicted molar refractivity (Wildman–Crippen MR) is 80.4 cm³/mol. The van der Waals surface area contributed by atoms with Gasteiger partial charge in [-0.2, -0.15) is 5.10 Å². The molecule has 0 fully saturated rings. The molecule has 0 aliphatic carbocycles. The number of carbonyl (C=O) groups is 1. The van der Waals surface area contributed by atoms with Crippen molar-refractivity contribution in [2.45, 2.75) is 11.9 Å². The van der Waals surface area contributed by atoms with Crippen molar-refractivity contribution in [3.63, 3.8) is 0 Å². The number of rotatable bonds is 4. The Morgan fingerprint density at radius 1 is 1.40 bits per heavy atom. The molecule has 3 aromatic rings. The second kappa shape index (κ2) is 5.34. The van der Waals surface area contributed by atoms with Gasteiger partial charge in [-0.1, -0.05) is 11.8 Å². The molecule has 0 atom stereocenters. The number of thioether (sulfide) groups is 1. The maximum atomic E-state index is 12.1. The van der Waals surface area contributed by atoms with E-state index < -0.39 is 0 Å². The second-order valence-corrected chi connectivity index (χ2v) is 6.56. The summed E-state index contributed by atoms with van der Waals surface area (Å²) in [5, 5.41) is 5.84. The highest BCUT2D eigenvalue weighted by atomic mass is 32.2. The predicted octanol–water partition coefficient (Wildman–Crippen LogP) is 2.71. The topological polar surface area (TPSA) is 60.7 Å². The normalized spacial score (nSPS) is 11.1. The molecule has 0 bridgehead atoms. The maximum Gasteiger partial charge on any atom is 0.183 e. The summed E-state index contributed by atoms with van der Waals surface area (Å²) in [6.45, 7) is 2.00. The molecule has 0 spiro atoms. The van der Waals surface area contributed by atoms with Crippen LogP contribution in [0.15, 0.2) is 29.7 Å². The van der Waals surface area contributed by atoms with Crippen molar-refractivity contribution in [1.29, 1.82) is 0 Å². The van der Waals surface area contributed by atoms with E-state index in [1.165, 1.54) is 29.4 Å². The number of ketones is 1. The molecule has 0 unspecified atom stereocenters. The van der Waals surface area contributed by atoms with Gasteiger partial charge in [-0.05, 0) is 19.1 Å². The molecule has 0 radical (unpaired) electrons. The van der Waals surface area contributed by atoms with Crippen LogP contribution in [0.25, 0.3) is 11.0 Å². The molecule has 0 saturated heterocycles. The number of carbonyl (C=O) groups excluding carboxylic acids is 1. The molecule has 3 rings (SSSR count). The van der Waals surface area contributed by atoms with Gasteiger partial charge in [0.1, 0.15) is 11.4 Å². The second-order valence-electron chi connectivity index (χ2n) is 4.31. The van der Waals surface area contributed by atoms with E-state index in [2.05, 4.69) is 15.1 Å². The smallest absolute Gasteiger partial charge is 0.183 e. The first-order valence-corrected chi connectivity index (χ1v) is 7.80. The Hall–Kier alpha value is -1.73. The molecule has 0 aromatic carbocycles. The molecular weight excluding hydrogens is 292 g/mol. The highest BCUT2D eigenvalue weighted by molar-refractivity contribution is 8.00. The molecule has 102 valence electrons. The van der Waals surface area contributed by atoms with E-state index in [1.54, 1.807) is 10.9 Å². The van der Waals surface area contributed by atoms with Crippen LogP contribution in [-0.4, -0.2) is 31.3 Å². The number of hydrogen-bond acceptors (Lipinski definition) is 6. The molecule has 3 aromatic heterocycles.